The van der Waals surface area contributed by atoms with Crippen LogP contribution in [0, 0.1) is 17.6 Å². The second-order valence-corrected chi connectivity index (χ2v) is 6.63. The van der Waals surface area contributed by atoms with Gasteiger partial charge in [-0.1, -0.05) is 13.8 Å². The van der Waals surface area contributed by atoms with E-state index in [1.165, 1.54) is 6.07 Å². The quantitative estimate of drug-likeness (QED) is 0.775. The van der Waals surface area contributed by atoms with Crippen LogP contribution in [-0.2, 0) is 13.6 Å². The Morgan fingerprint density at radius 3 is 2.62 bits per heavy atom. The average molecular weight is 359 g/mol. The molecular formula is C19H19F2N3O2. The van der Waals surface area contributed by atoms with Gasteiger partial charge in [-0.05, 0) is 30.2 Å². The summed E-state index contributed by atoms with van der Waals surface area (Å²) in [6.45, 7) is 4.59. The fourth-order valence-corrected chi connectivity index (χ4v) is 2.91. The average Bonchev–Trinajstić information content (AvgIpc) is 2.91. The number of fused-ring (bicyclic) bond motifs is 1. The number of hydrogen-bond donors (Lipinski definition) is 1. The van der Waals surface area contributed by atoms with E-state index in [9.17, 15) is 18.4 Å². The molecule has 0 aliphatic heterocycles. The molecule has 0 fully saturated rings. The van der Waals surface area contributed by atoms with Crippen molar-refractivity contribution in [2.45, 2.75) is 20.4 Å². The Bertz CT molecular complexity index is 1050. The van der Waals surface area contributed by atoms with Crippen molar-refractivity contribution in [1.82, 2.24) is 9.13 Å². The molecular weight excluding hydrogens is 340 g/mol. The number of amides is 1. The Morgan fingerprint density at radius 1 is 1.19 bits per heavy atom. The van der Waals surface area contributed by atoms with Crippen LogP contribution in [0.5, 0.6) is 0 Å². The lowest BCUT2D eigenvalue weighted by molar-refractivity contribution is 0.101. The molecule has 2 heterocycles. The van der Waals surface area contributed by atoms with Crippen LogP contribution < -0.4 is 10.9 Å². The summed E-state index contributed by atoms with van der Waals surface area (Å²) in [6.07, 6.45) is 1.69. The van der Waals surface area contributed by atoms with Gasteiger partial charge in [0.25, 0.3) is 11.5 Å². The lowest BCUT2D eigenvalue weighted by Crippen LogP contribution is -2.21. The second kappa shape index (κ2) is 6.74. The standard InChI is InChI=1S/C19H19F2N3O2/c1-11(2)10-24-7-6-16-13(19(24)26)9-17(23(16)3)18(25)22-15-8-12(20)4-5-14(15)21/h4-9,11H,10H2,1-3H3,(H,22,25). The first-order valence-corrected chi connectivity index (χ1v) is 8.23. The number of carbonyl (C=O) groups excluding carboxylic acids is 1. The van der Waals surface area contributed by atoms with E-state index >= 15 is 0 Å². The molecule has 0 aliphatic rings. The highest BCUT2D eigenvalue weighted by Crippen LogP contribution is 2.19. The van der Waals surface area contributed by atoms with E-state index in [4.69, 9.17) is 0 Å². The molecule has 3 rings (SSSR count). The maximum Gasteiger partial charge on any atom is 0.272 e. The van der Waals surface area contributed by atoms with Crippen LogP contribution in [0.1, 0.15) is 24.3 Å². The summed E-state index contributed by atoms with van der Waals surface area (Å²) in [5.41, 5.74) is 0.336. The first-order chi connectivity index (χ1) is 12.3. The fourth-order valence-electron chi connectivity index (χ4n) is 2.91. The van der Waals surface area contributed by atoms with Gasteiger partial charge in [0.1, 0.15) is 17.3 Å². The highest BCUT2D eigenvalue weighted by Gasteiger charge is 2.18. The number of anilines is 1. The van der Waals surface area contributed by atoms with Gasteiger partial charge in [0.2, 0.25) is 0 Å². The summed E-state index contributed by atoms with van der Waals surface area (Å²) in [5, 5.41) is 2.76. The molecule has 1 aromatic carbocycles. The summed E-state index contributed by atoms with van der Waals surface area (Å²) >= 11 is 0. The molecule has 3 aromatic rings. The highest BCUT2D eigenvalue weighted by atomic mass is 19.1. The number of hydrogen-bond acceptors (Lipinski definition) is 2. The lowest BCUT2D eigenvalue weighted by atomic mass is 10.2. The van der Waals surface area contributed by atoms with Gasteiger partial charge in [0, 0.05) is 25.9 Å². The number of rotatable bonds is 4. The van der Waals surface area contributed by atoms with Gasteiger partial charge in [0.15, 0.2) is 0 Å². The van der Waals surface area contributed by atoms with Crippen LogP contribution in [0.25, 0.3) is 10.9 Å². The third-order valence-electron chi connectivity index (χ3n) is 4.15. The van der Waals surface area contributed by atoms with Crippen molar-refractivity contribution in [3.63, 3.8) is 0 Å². The van der Waals surface area contributed by atoms with Gasteiger partial charge in [-0.15, -0.1) is 0 Å². The normalized spacial score (nSPS) is 11.3. The molecule has 0 bridgehead atoms. The van der Waals surface area contributed by atoms with Gasteiger partial charge in [0.05, 0.1) is 16.6 Å². The molecule has 0 saturated heterocycles. The van der Waals surface area contributed by atoms with Gasteiger partial charge < -0.3 is 14.5 Å². The summed E-state index contributed by atoms with van der Waals surface area (Å²) in [5.74, 6) is -1.72. The van der Waals surface area contributed by atoms with E-state index in [1.807, 2.05) is 13.8 Å². The van der Waals surface area contributed by atoms with Crippen LogP contribution in [0.4, 0.5) is 14.5 Å². The van der Waals surface area contributed by atoms with Crippen LogP contribution in [0.15, 0.2) is 41.3 Å². The zero-order valence-corrected chi connectivity index (χ0v) is 14.7. The minimum atomic E-state index is -0.738. The smallest absolute Gasteiger partial charge is 0.272 e. The predicted octanol–water partition coefficient (Wildman–Crippen LogP) is 3.53. The molecule has 2 aromatic heterocycles. The van der Waals surface area contributed by atoms with E-state index in [2.05, 4.69) is 5.32 Å². The van der Waals surface area contributed by atoms with Crippen LogP contribution in [0.3, 0.4) is 0 Å². The Kier molecular flexibility index (Phi) is 4.63. The highest BCUT2D eigenvalue weighted by molar-refractivity contribution is 6.06. The number of carbonyl (C=O) groups is 1. The third kappa shape index (κ3) is 3.24. The maximum absolute atomic E-state index is 13.7. The molecule has 0 atom stereocenters. The summed E-state index contributed by atoms with van der Waals surface area (Å²) in [7, 11) is 1.64. The Labute approximate surface area is 148 Å². The van der Waals surface area contributed by atoms with Gasteiger partial charge in [-0.3, -0.25) is 9.59 Å². The molecule has 136 valence electrons. The molecule has 0 unspecified atom stereocenters. The molecule has 0 radical (unpaired) electrons. The Balaban J connectivity index is 2.01. The monoisotopic (exact) mass is 359 g/mol. The number of nitrogens with zero attached hydrogens (tertiary/aromatic N) is 2. The lowest BCUT2D eigenvalue weighted by Gasteiger charge is -2.09. The molecule has 5 nitrogen and oxygen atoms in total. The summed E-state index contributed by atoms with van der Waals surface area (Å²) in [4.78, 5) is 25.1. The number of aromatic nitrogens is 2. The Hall–Kier alpha value is -2.96. The van der Waals surface area contributed by atoms with Crippen molar-refractivity contribution in [2.75, 3.05) is 5.32 Å². The molecule has 0 saturated carbocycles. The molecule has 1 N–H and O–H groups in total. The van der Waals surface area contributed by atoms with E-state index in [1.54, 1.807) is 28.4 Å². The minimum absolute atomic E-state index is 0.183. The molecule has 1 amide bonds. The van der Waals surface area contributed by atoms with E-state index < -0.39 is 17.5 Å². The van der Waals surface area contributed by atoms with Crippen molar-refractivity contribution in [2.24, 2.45) is 13.0 Å². The van der Waals surface area contributed by atoms with Gasteiger partial charge in [-0.25, -0.2) is 8.78 Å². The first kappa shape index (κ1) is 17.8. The maximum atomic E-state index is 13.7. The number of aryl methyl sites for hydroxylation is 1. The number of nitrogens with one attached hydrogen (secondary N) is 1. The minimum Gasteiger partial charge on any atom is -0.339 e. The van der Waals surface area contributed by atoms with E-state index in [-0.39, 0.29) is 16.9 Å². The summed E-state index contributed by atoms with van der Waals surface area (Å²) < 4.78 is 30.2. The molecule has 26 heavy (non-hydrogen) atoms. The van der Waals surface area contributed by atoms with Crippen molar-refractivity contribution in [3.8, 4) is 0 Å². The zero-order valence-electron chi connectivity index (χ0n) is 14.7. The SMILES string of the molecule is CC(C)Cn1ccc2c(cc(C(=O)Nc3cc(F)ccc3F)n2C)c1=O. The number of pyridine rings is 1. The van der Waals surface area contributed by atoms with Gasteiger partial charge in [-0.2, -0.15) is 0 Å². The van der Waals surface area contributed by atoms with Gasteiger partial charge >= 0.3 is 0 Å². The van der Waals surface area contributed by atoms with E-state index in [0.717, 1.165) is 18.2 Å². The largest absolute Gasteiger partial charge is 0.339 e. The number of benzene rings is 1. The third-order valence-corrected chi connectivity index (χ3v) is 4.15. The van der Waals surface area contributed by atoms with Crippen LogP contribution >= 0.6 is 0 Å². The molecule has 7 heteroatoms. The molecule has 0 aliphatic carbocycles. The molecule has 0 spiro atoms. The van der Waals surface area contributed by atoms with E-state index in [0.29, 0.717) is 23.4 Å². The Morgan fingerprint density at radius 2 is 1.92 bits per heavy atom. The van der Waals surface area contributed by atoms with Crippen LogP contribution in [0.2, 0.25) is 0 Å². The van der Waals surface area contributed by atoms with Crippen molar-refractivity contribution >= 4 is 22.5 Å². The zero-order chi connectivity index (χ0) is 19.0. The first-order valence-electron chi connectivity index (χ1n) is 8.23. The fraction of sp³-hybridized carbons (Fsp3) is 0.263. The van der Waals surface area contributed by atoms with Crippen LogP contribution in [-0.4, -0.2) is 15.0 Å². The summed E-state index contributed by atoms with van der Waals surface area (Å²) in [6, 6.07) is 6.06. The predicted molar refractivity (Wildman–Crippen MR) is 96.3 cm³/mol. The number of halogens is 2. The van der Waals surface area contributed by atoms with Crippen molar-refractivity contribution in [1.29, 1.82) is 0 Å². The second-order valence-electron chi connectivity index (χ2n) is 6.63. The van der Waals surface area contributed by atoms with Crippen molar-refractivity contribution < 1.29 is 13.6 Å². The topological polar surface area (TPSA) is 56.0 Å². The van der Waals surface area contributed by atoms with Crippen molar-refractivity contribution in [3.05, 3.63) is 64.2 Å².